The molecule has 164 valence electrons. The predicted octanol–water partition coefficient (Wildman–Crippen LogP) is 3.50. The molecular weight excluding hydrogens is 423 g/mol. The molecule has 0 radical (unpaired) electrons. The Labute approximate surface area is 180 Å². The van der Waals surface area contributed by atoms with Crippen molar-refractivity contribution in [2.45, 2.75) is 18.0 Å². The summed E-state index contributed by atoms with van der Waals surface area (Å²) in [7, 11) is 1.88. The van der Waals surface area contributed by atoms with E-state index in [2.05, 4.69) is 15.3 Å². The Morgan fingerprint density at radius 2 is 2.03 bits per heavy atom. The maximum atomic E-state index is 13.6. The molecule has 10 heteroatoms. The third-order valence-electron chi connectivity index (χ3n) is 5.87. The number of benzene rings is 2. The molecule has 0 unspecified atom stereocenters. The summed E-state index contributed by atoms with van der Waals surface area (Å²) in [4.78, 5) is 11.1. The molecule has 0 amide bonds. The van der Waals surface area contributed by atoms with Crippen LogP contribution in [-0.4, -0.2) is 44.0 Å². The molecule has 2 aromatic carbocycles. The second-order valence-corrected chi connectivity index (χ2v) is 8.05. The highest BCUT2D eigenvalue weighted by Gasteiger charge is 2.42. The zero-order valence-corrected chi connectivity index (χ0v) is 17.0. The Morgan fingerprint density at radius 1 is 1.22 bits per heavy atom. The quantitative estimate of drug-likeness (QED) is 0.443. The van der Waals surface area contributed by atoms with Crippen LogP contribution in [0.4, 0.5) is 13.2 Å². The van der Waals surface area contributed by atoms with Gasteiger partial charge >= 0.3 is 6.18 Å². The zero-order chi connectivity index (χ0) is 22.5. The molecule has 7 nitrogen and oxygen atoms in total. The van der Waals surface area contributed by atoms with Crippen molar-refractivity contribution in [3.8, 4) is 5.69 Å². The number of carbonyl (C=O) groups excluding carboxylic acids is 1. The Bertz CT molecular complexity index is 1320. The van der Waals surface area contributed by atoms with Crippen LogP contribution in [0.15, 0.2) is 48.9 Å². The van der Waals surface area contributed by atoms with Crippen LogP contribution in [0.5, 0.6) is 0 Å². The number of halogens is 3. The highest BCUT2D eigenvalue weighted by Crippen LogP contribution is 2.38. The molecule has 3 heterocycles. The Morgan fingerprint density at radius 3 is 2.66 bits per heavy atom. The molecule has 2 aromatic heterocycles. The first kappa shape index (κ1) is 20.4. The second-order valence-electron chi connectivity index (χ2n) is 8.05. The Hall–Kier alpha value is -3.53. The number of aromatic nitrogens is 5. The van der Waals surface area contributed by atoms with Gasteiger partial charge in [-0.1, -0.05) is 12.1 Å². The van der Waals surface area contributed by atoms with Gasteiger partial charge in [0, 0.05) is 36.0 Å². The van der Waals surface area contributed by atoms with E-state index < -0.39 is 11.7 Å². The van der Waals surface area contributed by atoms with Gasteiger partial charge in [-0.05, 0) is 29.8 Å². The summed E-state index contributed by atoms with van der Waals surface area (Å²) in [6, 6.07) is 9.69. The van der Waals surface area contributed by atoms with Crippen molar-refractivity contribution in [3.63, 3.8) is 0 Å². The van der Waals surface area contributed by atoms with E-state index in [-0.39, 0.29) is 21.9 Å². The van der Waals surface area contributed by atoms with Gasteiger partial charge in [-0.2, -0.15) is 18.3 Å². The number of alkyl halides is 3. The van der Waals surface area contributed by atoms with E-state index >= 15 is 0 Å². The van der Waals surface area contributed by atoms with Gasteiger partial charge in [0.05, 0.1) is 30.0 Å². The van der Waals surface area contributed by atoms with Crippen molar-refractivity contribution in [2.75, 3.05) is 13.2 Å². The average molecular weight is 441 g/mol. The van der Waals surface area contributed by atoms with Crippen molar-refractivity contribution in [1.82, 2.24) is 24.5 Å². The third kappa shape index (κ3) is 3.36. The fraction of sp³-hybridized carbons (Fsp3) is 0.273. The number of rotatable bonds is 5. The number of nitrogens with zero attached hydrogens (tertiary/aromatic N) is 5. The molecule has 5 rings (SSSR count). The molecule has 32 heavy (non-hydrogen) atoms. The van der Waals surface area contributed by atoms with Crippen LogP contribution in [0.2, 0.25) is 0 Å². The molecule has 0 bridgehead atoms. The summed E-state index contributed by atoms with van der Waals surface area (Å²) >= 11 is 0. The minimum atomic E-state index is -4.60. The average Bonchev–Trinajstić information content (AvgIpc) is 3.35. The standard InChI is InChI=1S/C22H18F3N5O2/c1-29-13-26-27-20(29)8-21(11-32-12-21)15-3-2-4-16(7-15)30-9-17-18(22(23,24)25)5-14(10-31)6-19(17)28-30/h2-7,9-10,13H,8,11-12H2,1H3. The maximum absolute atomic E-state index is 13.6. The number of hydrogen-bond acceptors (Lipinski definition) is 5. The van der Waals surface area contributed by atoms with Gasteiger partial charge in [-0.15, -0.1) is 10.2 Å². The van der Waals surface area contributed by atoms with Crippen molar-refractivity contribution in [1.29, 1.82) is 0 Å². The van der Waals surface area contributed by atoms with Crippen molar-refractivity contribution in [3.05, 3.63) is 71.4 Å². The first-order chi connectivity index (χ1) is 15.3. The van der Waals surface area contributed by atoms with Gasteiger partial charge in [0.2, 0.25) is 0 Å². The molecule has 1 saturated heterocycles. The van der Waals surface area contributed by atoms with Crippen LogP contribution in [0.1, 0.15) is 27.3 Å². The highest BCUT2D eigenvalue weighted by molar-refractivity contribution is 5.89. The van der Waals surface area contributed by atoms with Crippen LogP contribution in [0.3, 0.4) is 0 Å². The summed E-state index contributed by atoms with van der Waals surface area (Å²) in [5.41, 5.74) is 0.444. The lowest BCUT2D eigenvalue weighted by molar-refractivity contribution is -0.136. The summed E-state index contributed by atoms with van der Waals surface area (Å²) < 4.78 is 49.4. The summed E-state index contributed by atoms with van der Waals surface area (Å²) in [5, 5.41) is 12.4. The van der Waals surface area contributed by atoms with E-state index in [0.717, 1.165) is 17.5 Å². The van der Waals surface area contributed by atoms with Gasteiger partial charge in [0.25, 0.3) is 0 Å². The fourth-order valence-electron chi connectivity index (χ4n) is 4.05. The lowest BCUT2D eigenvalue weighted by Crippen LogP contribution is -2.49. The maximum Gasteiger partial charge on any atom is 0.417 e. The lowest BCUT2D eigenvalue weighted by atomic mass is 9.75. The van der Waals surface area contributed by atoms with Crippen molar-refractivity contribution in [2.24, 2.45) is 7.05 Å². The van der Waals surface area contributed by atoms with Gasteiger partial charge in [0.1, 0.15) is 18.4 Å². The Balaban J connectivity index is 1.57. The number of aryl methyl sites for hydroxylation is 1. The third-order valence-corrected chi connectivity index (χ3v) is 5.87. The molecule has 4 aromatic rings. The van der Waals surface area contributed by atoms with E-state index in [4.69, 9.17) is 4.74 Å². The van der Waals surface area contributed by atoms with E-state index in [0.29, 0.717) is 31.6 Å². The second kappa shape index (κ2) is 7.27. The van der Waals surface area contributed by atoms with Crippen molar-refractivity contribution >= 4 is 17.2 Å². The fourth-order valence-corrected chi connectivity index (χ4v) is 4.05. The molecule has 0 aliphatic carbocycles. The van der Waals surface area contributed by atoms with E-state index in [1.54, 1.807) is 12.4 Å². The number of ether oxygens (including phenoxy) is 1. The monoisotopic (exact) mass is 441 g/mol. The molecule has 0 atom stereocenters. The van der Waals surface area contributed by atoms with Gasteiger partial charge < -0.3 is 9.30 Å². The number of aldehydes is 1. The molecule has 1 aliphatic rings. The SMILES string of the molecule is Cn1cnnc1CC1(c2cccc(-n3cc4c(C(F)(F)F)cc(C=O)cc4n3)c2)COC1. The molecule has 0 N–H and O–H groups in total. The van der Waals surface area contributed by atoms with Gasteiger partial charge in [0.15, 0.2) is 0 Å². The van der Waals surface area contributed by atoms with Crippen LogP contribution in [0, 0.1) is 0 Å². The molecule has 1 aliphatic heterocycles. The first-order valence-corrected chi connectivity index (χ1v) is 9.86. The lowest BCUT2D eigenvalue weighted by Gasteiger charge is -2.41. The minimum absolute atomic E-state index is 0.0609. The normalized spacial score (nSPS) is 15.6. The van der Waals surface area contributed by atoms with E-state index in [9.17, 15) is 18.0 Å². The smallest absolute Gasteiger partial charge is 0.379 e. The minimum Gasteiger partial charge on any atom is -0.379 e. The number of hydrogen-bond donors (Lipinski definition) is 0. The van der Waals surface area contributed by atoms with Crippen LogP contribution >= 0.6 is 0 Å². The molecule has 1 fully saturated rings. The highest BCUT2D eigenvalue weighted by atomic mass is 19.4. The molecular formula is C22H18F3N5O2. The van der Waals surface area contributed by atoms with Crippen molar-refractivity contribution < 1.29 is 22.7 Å². The van der Waals surface area contributed by atoms with E-state index in [1.165, 1.54) is 16.9 Å². The summed E-state index contributed by atoms with van der Waals surface area (Å²) in [6.07, 6.45) is -0.606. The number of fused-ring (bicyclic) bond motifs is 1. The molecule has 0 saturated carbocycles. The van der Waals surface area contributed by atoms with Crippen LogP contribution in [0.25, 0.3) is 16.6 Å². The summed E-state index contributed by atoms with van der Waals surface area (Å²) in [5.74, 6) is 0.819. The topological polar surface area (TPSA) is 74.8 Å². The Kier molecular flexibility index (Phi) is 4.63. The number of carbonyl (C=O) groups is 1. The first-order valence-electron chi connectivity index (χ1n) is 9.86. The van der Waals surface area contributed by atoms with Gasteiger partial charge in [-0.3, -0.25) is 4.79 Å². The summed E-state index contributed by atoms with van der Waals surface area (Å²) in [6.45, 7) is 1.01. The zero-order valence-electron chi connectivity index (χ0n) is 17.0. The van der Waals surface area contributed by atoms with Crippen LogP contribution in [-0.2, 0) is 29.8 Å². The van der Waals surface area contributed by atoms with Gasteiger partial charge in [-0.25, -0.2) is 4.68 Å². The van der Waals surface area contributed by atoms with E-state index in [1.807, 2.05) is 29.8 Å². The predicted molar refractivity (Wildman–Crippen MR) is 109 cm³/mol. The molecule has 0 spiro atoms. The largest absolute Gasteiger partial charge is 0.417 e. The van der Waals surface area contributed by atoms with Crippen LogP contribution < -0.4 is 0 Å².